The summed E-state index contributed by atoms with van der Waals surface area (Å²) in [4.78, 5) is 50.5. The first kappa shape index (κ1) is 51.8. The fourth-order valence-electron chi connectivity index (χ4n) is 10.3. The highest BCUT2D eigenvalue weighted by Gasteiger charge is 2.47. The normalized spacial score (nSPS) is 15.4. The van der Waals surface area contributed by atoms with E-state index in [1.54, 1.807) is 6.92 Å². The minimum atomic E-state index is -0.518. The van der Waals surface area contributed by atoms with Gasteiger partial charge in [0.15, 0.2) is 11.2 Å². The van der Waals surface area contributed by atoms with E-state index in [9.17, 15) is 19.2 Å². The van der Waals surface area contributed by atoms with Gasteiger partial charge in [-0.05, 0) is 145 Å². The van der Waals surface area contributed by atoms with Crippen LogP contribution in [0.2, 0.25) is 0 Å². The summed E-state index contributed by atoms with van der Waals surface area (Å²) < 4.78 is 33.5. The van der Waals surface area contributed by atoms with Gasteiger partial charge < -0.3 is 53.7 Å². The van der Waals surface area contributed by atoms with E-state index < -0.39 is 11.2 Å². The lowest BCUT2D eigenvalue weighted by Crippen LogP contribution is -2.50. The molecule has 6 aromatic rings. The largest absolute Gasteiger partial charge is 0.491 e. The standard InChI is InChI=1S/C28H31N3O4.C27H31N3O3.C3H6O2/c1-19(2)34-24-10-8-21(16-20(24)3)27(33)30-14-12-28(13-15-30)26-11-9-22(17-29-18-32)31(26)23-6-4-5-7-25(23)35-28;1-18(2)32-23-10-8-20(16-19(23)3)26(31)29-14-12-27(13-15-29)25-11-9-21(17-28)30(25)22-6-4-5-7-24(22)33-27;1-2-5-3-4/h4-11,16,18-19H,12-15,17H2,1-3H3,(H,29,32);4-11,16,18H,12-15,17,28H2,1-3H3;3H,2H2,1H3. The number of hydrogen-bond acceptors (Lipinski definition) is 10. The van der Waals surface area contributed by atoms with Crippen LogP contribution in [-0.4, -0.2) is 88.6 Å². The molecule has 0 bridgehead atoms. The molecule has 0 aliphatic carbocycles. The maximum Gasteiger partial charge on any atom is 0.293 e. The van der Waals surface area contributed by atoms with Crippen LogP contribution in [0.5, 0.6) is 23.0 Å². The molecule has 0 unspecified atom stereocenters. The number of hydrogen-bond donors (Lipinski definition) is 2. The molecule has 0 atom stereocenters. The molecular weight excluding hydrogens is 925 g/mol. The Kier molecular flexibility index (Phi) is 16.0. The molecule has 3 N–H and O–H groups in total. The van der Waals surface area contributed by atoms with Gasteiger partial charge in [0.05, 0.1) is 48.1 Å². The van der Waals surface area contributed by atoms with Crippen molar-refractivity contribution in [3.05, 3.63) is 154 Å². The average molecular weight is 993 g/mol. The Hall–Kier alpha value is -7.52. The van der Waals surface area contributed by atoms with Gasteiger partial charge in [-0.1, -0.05) is 24.3 Å². The molecule has 2 saturated heterocycles. The summed E-state index contributed by atoms with van der Waals surface area (Å²) in [7, 11) is 0. The molecule has 0 saturated carbocycles. The lowest BCUT2D eigenvalue weighted by molar-refractivity contribution is -0.128. The predicted octanol–water partition coefficient (Wildman–Crippen LogP) is 9.08. The van der Waals surface area contributed by atoms with Crippen molar-refractivity contribution in [2.75, 3.05) is 32.8 Å². The topological polar surface area (TPSA) is 169 Å². The number of benzene rings is 4. The number of ether oxygens (including phenoxy) is 5. The third kappa shape index (κ3) is 10.8. The number of nitrogens with zero attached hydrogens (tertiary/aromatic N) is 4. The Morgan fingerprint density at radius 1 is 0.644 bits per heavy atom. The first-order valence-corrected chi connectivity index (χ1v) is 25.3. The van der Waals surface area contributed by atoms with Gasteiger partial charge in [0.25, 0.3) is 18.3 Å². The smallest absolute Gasteiger partial charge is 0.293 e. The SMILES string of the molecule is CCOC=O.Cc1cc(C(=O)N2CCC3(CC2)Oc2ccccc2-n2c(CN)ccc23)ccc1OC(C)C.Cc1cc(C(=O)N2CCC3(CC2)Oc2ccccc2-n2c(CNC=O)ccc23)ccc1OC(C)C. The highest BCUT2D eigenvalue weighted by molar-refractivity contribution is 5.95. The number of likely N-dealkylation sites (tertiary alicyclic amines) is 2. The molecular formula is C58H68N6O9. The van der Waals surface area contributed by atoms with E-state index in [2.05, 4.69) is 43.5 Å². The first-order chi connectivity index (χ1) is 35.2. The summed E-state index contributed by atoms with van der Waals surface area (Å²) in [5, 5.41) is 2.78. The number of rotatable bonds is 12. The van der Waals surface area contributed by atoms with Crippen LogP contribution in [0.15, 0.2) is 109 Å². The first-order valence-electron chi connectivity index (χ1n) is 25.3. The second-order valence-electron chi connectivity index (χ2n) is 19.4. The van der Waals surface area contributed by atoms with Gasteiger partial charge in [-0.3, -0.25) is 19.2 Å². The van der Waals surface area contributed by atoms with Crippen molar-refractivity contribution in [2.45, 2.75) is 111 Å². The van der Waals surface area contributed by atoms with Crippen molar-refractivity contribution in [1.29, 1.82) is 0 Å². The number of carbonyl (C=O) groups is 4. The molecule has 4 aliphatic heterocycles. The lowest BCUT2D eigenvalue weighted by Gasteiger charge is -2.45. The molecule has 10 rings (SSSR count). The maximum absolute atomic E-state index is 13.3. The van der Waals surface area contributed by atoms with Gasteiger partial charge in [-0.15, -0.1) is 0 Å². The third-order valence-corrected chi connectivity index (χ3v) is 13.8. The highest BCUT2D eigenvalue weighted by atomic mass is 16.5. The second kappa shape index (κ2) is 22.5. The quantitative estimate of drug-likeness (QED) is 0.113. The number of nitrogens with one attached hydrogen (secondary N) is 1. The van der Waals surface area contributed by atoms with E-state index in [1.165, 1.54) is 0 Å². The maximum atomic E-state index is 13.3. The van der Waals surface area contributed by atoms with Crippen LogP contribution in [0.1, 0.15) is 115 Å². The summed E-state index contributed by atoms with van der Waals surface area (Å²) in [5.74, 6) is 3.40. The Morgan fingerprint density at radius 3 is 1.47 bits per heavy atom. The lowest BCUT2D eigenvalue weighted by atomic mass is 9.86. The summed E-state index contributed by atoms with van der Waals surface area (Å²) in [5.41, 5.74) is 14.6. The zero-order chi connectivity index (χ0) is 51.9. The molecule has 4 aromatic carbocycles. The van der Waals surface area contributed by atoms with Crippen molar-refractivity contribution in [2.24, 2.45) is 5.73 Å². The summed E-state index contributed by atoms with van der Waals surface area (Å²) in [6.45, 7) is 18.0. The van der Waals surface area contributed by atoms with E-state index in [0.717, 1.165) is 81.1 Å². The number of amides is 3. The van der Waals surface area contributed by atoms with Gasteiger partial charge in [-0.2, -0.15) is 0 Å². The minimum Gasteiger partial charge on any atom is -0.491 e. The zero-order valence-corrected chi connectivity index (χ0v) is 43.0. The van der Waals surface area contributed by atoms with Crippen molar-refractivity contribution >= 4 is 24.7 Å². The van der Waals surface area contributed by atoms with Crippen LogP contribution in [0.3, 0.4) is 0 Å². The summed E-state index contributed by atoms with van der Waals surface area (Å²) in [6.07, 6.45) is 3.74. The monoisotopic (exact) mass is 993 g/mol. The van der Waals surface area contributed by atoms with E-state index in [-0.39, 0.29) is 24.0 Å². The molecule has 2 aromatic heterocycles. The molecule has 6 heterocycles. The molecule has 73 heavy (non-hydrogen) atoms. The fraction of sp³-hybridized carbons (Fsp3) is 0.379. The van der Waals surface area contributed by atoms with Gasteiger partial charge in [0.2, 0.25) is 6.41 Å². The van der Waals surface area contributed by atoms with Crippen molar-refractivity contribution in [3.8, 4) is 34.4 Å². The second-order valence-corrected chi connectivity index (χ2v) is 19.4. The third-order valence-electron chi connectivity index (χ3n) is 13.8. The Bertz CT molecular complexity index is 2920. The van der Waals surface area contributed by atoms with Crippen molar-refractivity contribution in [3.63, 3.8) is 0 Å². The minimum absolute atomic E-state index is 0.0292. The molecule has 0 radical (unpaired) electrons. The molecule has 15 heteroatoms. The molecule has 15 nitrogen and oxygen atoms in total. The van der Waals surface area contributed by atoms with E-state index in [4.69, 9.17) is 24.7 Å². The van der Waals surface area contributed by atoms with Gasteiger partial charge in [0.1, 0.15) is 23.0 Å². The number of nitrogens with two attached hydrogens (primary N) is 1. The number of para-hydroxylation sites is 4. The number of aromatic nitrogens is 2. The van der Waals surface area contributed by atoms with E-state index >= 15 is 0 Å². The zero-order valence-electron chi connectivity index (χ0n) is 43.0. The Balaban J connectivity index is 0.000000179. The van der Waals surface area contributed by atoms with E-state index in [0.29, 0.717) is 82.7 Å². The van der Waals surface area contributed by atoms with Gasteiger partial charge in [0, 0.05) is 80.9 Å². The van der Waals surface area contributed by atoms with E-state index in [1.807, 2.05) is 136 Å². The number of piperidine rings is 2. The van der Waals surface area contributed by atoms with Crippen LogP contribution in [0.25, 0.3) is 11.4 Å². The molecule has 3 amide bonds. The molecule has 4 aliphatic rings. The average Bonchev–Trinajstić information content (AvgIpc) is 4.04. The van der Waals surface area contributed by atoms with Crippen LogP contribution >= 0.6 is 0 Å². The van der Waals surface area contributed by atoms with Gasteiger partial charge in [-0.25, -0.2) is 0 Å². The predicted molar refractivity (Wildman–Crippen MR) is 279 cm³/mol. The fourth-order valence-corrected chi connectivity index (χ4v) is 10.3. The highest BCUT2D eigenvalue weighted by Crippen LogP contribution is 2.48. The van der Waals surface area contributed by atoms with Gasteiger partial charge >= 0.3 is 0 Å². The van der Waals surface area contributed by atoms with Crippen molar-refractivity contribution < 1.29 is 42.9 Å². The van der Waals surface area contributed by atoms with Crippen LogP contribution in [0.4, 0.5) is 0 Å². The Morgan fingerprint density at radius 2 is 1.08 bits per heavy atom. The molecule has 2 spiro atoms. The Labute approximate surface area is 428 Å². The van der Waals surface area contributed by atoms with Crippen molar-refractivity contribution in [1.82, 2.24) is 24.3 Å². The molecule has 384 valence electrons. The summed E-state index contributed by atoms with van der Waals surface area (Å²) in [6, 6.07) is 35.8. The van der Waals surface area contributed by atoms with Crippen LogP contribution in [-0.2, 0) is 38.6 Å². The summed E-state index contributed by atoms with van der Waals surface area (Å²) >= 11 is 0. The molecule has 2 fully saturated rings. The number of aryl methyl sites for hydroxylation is 2. The number of fused-ring (bicyclic) bond motifs is 8. The number of carbonyl (C=O) groups excluding carboxylic acids is 4. The van der Waals surface area contributed by atoms with Crippen LogP contribution < -0.4 is 30.0 Å². The van der Waals surface area contributed by atoms with Crippen LogP contribution in [0, 0.1) is 13.8 Å².